The minimum atomic E-state index is -0.686. The van der Waals surface area contributed by atoms with Gasteiger partial charge < -0.3 is 14.6 Å². The molecule has 1 aromatic carbocycles. The summed E-state index contributed by atoms with van der Waals surface area (Å²) >= 11 is 6.22. The second kappa shape index (κ2) is 8.41. The number of ketones is 1. The zero-order chi connectivity index (χ0) is 21.3. The van der Waals surface area contributed by atoms with Crippen molar-refractivity contribution in [3.05, 3.63) is 57.4 Å². The van der Waals surface area contributed by atoms with Crippen LogP contribution in [0.5, 0.6) is 0 Å². The van der Waals surface area contributed by atoms with Crippen LogP contribution in [-0.2, 0) is 4.74 Å². The number of hydrogen-bond donors (Lipinski definition) is 1. The van der Waals surface area contributed by atoms with Gasteiger partial charge in [-0.25, -0.2) is 4.79 Å². The lowest BCUT2D eigenvalue weighted by atomic mass is 9.99. The molecule has 1 heterocycles. The summed E-state index contributed by atoms with van der Waals surface area (Å²) in [6.45, 7) is 7.16. The number of nitrogens with zero attached hydrogens (tertiary/aromatic N) is 1. The Hall–Kier alpha value is -2.60. The SMILES string of the molecule is CCOC(=O)c1[nH]c(C)c(C(=O)C(C)N(C(=O)c2ccccc2Cl)C2CC2)c1C. The van der Waals surface area contributed by atoms with Crippen LogP contribution in [0.15, 0.2) is 24.3 Å². The van der Waals surface area contributed by atoms with Gasteiger partial charge in [-0.05, 0) is 58.2 Å². The van der Waals surface area contributed by atoms with Crippen molar-refractivity contribution in [3.63, 3.8) is 0 Å². The molecule has 29 heavy (non-hydrogen) atoms. The molecule has 1 unspecified atom stereocenters. The fraction of sp³-hybridized carbons (Fsp3) is 0.409. The number of Topliss-reactive ketones (excluding diaryl/α,β-unsaturated/α-hetero) is 1. The van der Waals surface area contributed by atoms with E-state index in [-0.39, 0.29) is 30.0 Å². The average molecular weight is 417 g/mol. The van der Waals surface area contributed by atoms with E-state index in [1.807, 2.05) is 0 Å². The van der Waals surface area contributed by atoms with Crippen molar-refractivity contribution < 1.29 is 19.1 Å². The van der Waals surface area contributed by atoms with Crippen LogP contribution in [0, 0.1) is 13.8 Å². The summed E-state index contributed by atoms with van der Waals surface area (Å²) < 4.78 is 5.06. The summed E-state index contributed by atoms with van der Waals surface area (Å²) in [5, 5.41) is 0.362. The second-order valence-corrected chi connectivity index (χ2v) is 7.72. The zero-order valence-corrected chi connectivity index (χ0v) is 17.8. The standard InChI is InChI=1S/C22H25ClN2O4/c1-5-29-22(28)19-12(2)18(13(3)24-19)20(26)14(4)25(15-10-11-15)21(27)16-8-6-7-9-17(16)23/h6-9,14-15,24H,5,10-11H2,1-4H3. The minimum absolute atomic E-state index is 0.0156. The topological polar surface area (TPSA) is 79.5 Å². The molecule has 154 valence electrons. The number of benzene rings is 1. The lowest BCUT2D eigenvalue weighted by molar-refractivity contribution is 0.0518. The minimum Gasteiger partial charge on any atom is -0.461 e. The van der Waals surface area contributed by atoms with Crippen LogP contribution >= 0.6 is 11.6 Å². The predicted octanol–water partition coefficient (Wildman–Crippen LogP) is 4.34. The number of aryl methyl sites for hydroxylation is 1. The number of amides is 1. The van der Waals surface area contributed by atoms with Crippen LogP contribution in [-0.4, -0.2) is 46.2 Å². The van der Waals surface area contributed by atoms with E-state index in [2.05, 4.69) is 4.98 Å². The second-order valence-electron chi connectivity index (χ2n) is 7.31. The first-order chi connectivity index (χ1) is 13.8. The molecule has 0 radical (unpaired) electrons. The van der Waals surface area contributed by atoms with Crippen LogP contribution in [0.1, 0.15) is 69.2 Å². The van der Waals surface area contributed by atoms with Crippen molar-refractivity contribution in [2.75, 3.05) is 6.61 Å². The van der Waals surface area contributed by atoms with E-state index in [9.17, 15) is 14.4 Å². The number of carbonyl (C=O) groups excluding carboxylic acids is 3. The first-order valence-electron chi connectivity index (χ1n) is 9.75. The Morgan fingerprint density at radius 1 is 1.24 bits per heavy atom. The molecule has 3 rings (SSSR count). The quantitative estimate of drug-likeness (QED) is 0.538. The van der Waals surface area contributed by atoms with Crippen LogP contribution in [0.2, 0.25) is 5.02 Å². The Bertz CT molecular complexity index is 962. The van der Waals surface area contributed by atoms with Gasteiger partial charge >= 0.3 is 5.97 Å². The van der Waals surface area contributed by atoms with Gasteiger partial charge in [0.25, 0.3) is 5.91 Å². The van der Waals surface area contributed by atoms with Crippen molar-refractivity contribution >= 4 is 29.3 Å². The molecule has 0 bridgehead atoms. The third-order valence-corrected chi connectivity index (χ3v) is 5.57. The maximum atomic E-state index is 13.4. The molecule has 1 atom stereocenters. The third kappa shape index (κ3) is 4.08. The van der Waals surface area contributed by atoms with Crippen LogP contribution in [0.4, 0.5) is 0 Å². The number of aromatic amines is 1. The number of ether oxygens (including phenoxy) is 1. The molecule has 1 N–H and O–H groups in total. The Kier molecular flexibility index (Phi) is 6.13. The molecule has 1 amide bonds. The van der Waals surface area contributed by atoms with E-state index >= 15 is 0 Å². The Morgan fingerprint density at radius 3 is 2.48 bits per heavy atom. The van der Waals surface area contributed by atoms with Gasteiger partial charge in [-0.2, -0.15) is 0 Å². The number of aromatic nitrogens is 1. The van der Waals surface area contributed by atoms with Crippen molar-refractivity contribution in [1.29, 1.82) is 0 Å². The molecular weight excluding hydrogens is 392 g/mol. The fourth-order valence-electron chi connectivity index (χ4n) is 3.65. The van der Waals surface area contributed by atoms with E-state index in [0.29, 0.717) is 27.4 Å². The zero-order valence-electron chi connectivity index (χ0n) is 17.0. The number of rotatable bonds is 7. The monoisotopic (exact) mass is 416 g/mol. The summed E-state index contributed by atoms with van der Waals surface area (Å²) in [5.41, 5.74) is 2.21. The largest absolute Gasteiger partial charge is 0.461 e. The molecular formula is C22H25ClN2O4. The van der Waals surface area contributed by atoms with E-state index in [4.69, 9.17) is 16.3 Å². The van der Waals surface area contributed by atoms with Crippen molar-refractivity contribution in [3.8, 4) is 0 Å². The van der Waals surface area contributed by atoms with E-state index < -0.39 is 12.0 Å². The van der Waals surface area contributed by atoms with Crippen molar-refractivity contribution in [1.82, 2.24) is 9.88 Å². The van der Waals surface area contributed by atoms with Gasteiger partial charge in [-0.3, -0.25) is 9.59 Å². The highest BCUT2D eigenvalue weighted by molar-refractivity contribution is 6.33. The molecule has 1 aliphatic carbocycles. The molecule has 0 saturated heterocycles. The lowest BCUT2D eigenvalue weighted by Crippen LogP contribution is -2.45. The van der Waals surface area contributed by atoms with Gasteiger partial charge in [0.1, 0.15) is 5.69 Å². The van der Waals surface area contributed by atoms with Gasteiger partial charge in [0, 0.05) is 17.3 Å². The summed E-state index contributed by atoms with van der Waals surface area (Å²) in [4.78, 5) is 43.3. The third-order valence-electron chi connectivity index (χ3n) is 5.24. The van der Waals surface area contributed by atoms with Gasteiger partial charge in [0.2, 0.25) is 0 Å². The van der Waals surface area contributed by atoms with Gasteiger partial charge in [0.05, 0.1) is 23.2 Å². The molecule has 1 aliphatic rings. The van der Waals surface area contributed by atoms with Crippen LogP contribution in [0.25, 0.3) is 0 Å². The highest BCUT2D eigenvalue weighted by atomic mass is 35.5. The Balaban J connectivity index is 1.93. The molecule has 7 heteroatoms. The van der Waals surface area contributed by atoms with E-state index in [0.717, 1.165) is 12.8 Å². The average Bonchev–Trinajstić information content (AvgIpc) is 3.46. The molecule has 0 spiro atoms. The van der Waals surface area contributed by atoms with Gasteiger partial charge in [-0.15, -0.1) is 0 Å². The fourth-order valence-corrected chi connectivity index (χ4v) is 3.86. The summed E-state index contributed by atoms with van der Waals surface area (Å²) in [7, 11) is 0. The molecule has 0 aliphatic heterocycles. The number of halogens is 1. The van der Waals surface area contributed by atoms with Gasteiger partial charge in [-0.1, -0.05) is 23.7 Å². The molecule has 1 saturated carbocycles. The number of carbonyl (C=O) groups is 3. The summed E-state index contributed by atoms with van der Waals surface area (Å²) in [6, 6.07) is 6.18. The maximum absolute atomic E-state index is 13.4. The number of hydrogen-bond acceptors (Lipinski definition) is 4. The molecule has 2 aromatic rings. The molecule has 1 aromatic heterocycles. The van der Waals surface area contributed by atoms with Crippen molar-refractivity contribution in [2.24, 2.45) is 0 Å². The first-order valence-corrected chi connectivity index (χ1v) is 10.1. The van der Waals surface area contributed by atoms with Crippen LogP contribution in [0.3, 0.4) is 0 Å². The highest BCUT2D eigenvalue weighted by Gasteiger charge is 2.40. The normalized spacial score (nSPS) is 14.4. The molecule has 6 nitrogen and oxygen atoms in total. The smallest absolute Gasteiger partial charge is 0.355 e. The number of nitrogens with one attached hydrogen (secondary N) is 1. The number of H-pyrrole nitrogens is 1. The Morgan fingerprint density at radius 2 is 1.90 bits per heavy atom. The summed E-state index contributed by atoms with van der Waals surface area (Å²) in [5.74, 6) is -0.958. The van der Waals surface area contributed by atoms with E-state index in [1.54, 1.807) is 56.9 Å². The highest BCUT2D eigenvalue weighted by Crippen LogP contribution is 2.33. The number of esters is 1. The lowest BCUT2D eigenvalue weighted by Gasteiger charge is -2.29. The van der Waals surface area contributed by atoms with E-state index in [1.165, 1.54) is 0 Å². The van der Waals surface area contributed by atoms with Gasteiger partial charge in [0.15, 0.2) is 5.78 Å². The summed E-state index contributed by atoms with van der Waals surface area (Å²) in [6.07, 6.45) is 1.71. The molecule has 1 fully saturated rings. The predicted molar refractivity (Wildman–Crippen MR) is 111 cm³/mol. The first kappa shape index (κ1) is 21.1. The van der Waals surface area contributed by atoms with Crippen LogP contribution < -0.4 is 0 Å². The Labute approximate surface area is 175 Å². The maximum Gasteiger partial charge on any atom is 0.355 e. The van der Waals surface area contributed by atoms with Crippen molar-refractivity contribution in [2.45, 2.75) is 52.6 Å².